The van der Waals surface area contributed by atoms with Crippen LogP contribution in [0.2, 0.25) is 0 Å². The first-order valence-corrected chi connectivity index (χ1v) is 12.9. The molecule has 0 aromatic heterocycles. The molecule has 1 heterocycles. The smallest absolute Gasteiger partial charge is 0.329 e. The van der Waals surface area contributed by atoms with Gasteiger partial charge in [-0.2, -0.15) is 0 Å². The minimum absolute atomic E-state index is 0.151. The Morgan fingerprint density at radius 1 is 0.941 bits per heavy atom. The fourth-order valence-corrected chi connectivity index (χ4v) is 4.10. The van der Waals surface area contributed by atoms with Gasteiger partial charge in [0.25, 0.3) is 0 Å². The molecule has 7 heteroatoms. The molecule has 2 N–H and O–H groups in total. The maximum Gasteiger partial charge on any atom is 0.329 e. The van der Waals surface area contributed by atoms with Crippen LogP contribution in [0.25, 0.3) is 0 Å². The molecule has 192 valence electrons. The van der Waals surface area contributed by atoms with Gasteiger partial charge in [0.15, 0.2) is 0 Å². The van der Waals surface area contributed by atoms with Crippen LogP contribution in [-0.4, -0.2) is 41.8 Å². The van der Waals surface area contributed by atoms with Crippen LogP contribution in [0, 0.1) is 30.1 Å². The summed E-state index contributed by atoms with van der Waals surface area (Å²) in [4.78, 5) is 51.8. The average Bonchev–Trinajstić information content (AvgIpc) is 2.82. The summed E-state index contributed by atoms with van der Waals surface area (Å²) in [7, 11) is 0. The monoisotopic (exact) mass is 476 g/mol. The number of terminal acetylenes is 1. The molecule has 0 aromatic rings. The van der Waals surface area contributed by atoms with Gasteiger partial charge in [-0.25, -0.2) is 4.79 Å². The van der Waals surface area contributed by atoms with Crippen LogP contribution in [-0.2, 0) is 23.9 Å². The maximum atomic E-state index is 13.2. The lowest BCUT2D eigenvalue weighted by Crippen LogP contribution is -2.57. The fraction of sp³-hybridized carbons (Fsp3) is 0.778. The minimum Gasteiger partial charge on any atom is -0.460 e. The molecular formula is C27H44N2O5. The van der Waals surface area contributed by atoms with E-state index in [2.05, 4.69) is 16.6 Å². The van der Waals surface area contributed by atoms with Gasteiger partial charge in [0.1, 0.15) is 24.0 Å². The highest BCUT2D eigenvalue weighted by Crippen LogP contribution is 2.22. The first-order valence-electron chi connectivity index (χ1n) is 12.9. The molecule has 0 spiro atoms. The molecule has 7 nitrogen and oxygen atoms in total. The minimum atomic E-state index is -0.839. The highest BCUT2D eigenvalue weighted by molar-refractivity contribution is 6.01. The number of esters is 1. The third-order valence-corrected chi connectivity index (χ3v) is 7.05. The normalized spacial score (nSPS) is 26.2. The number of nitrogens with one attached hydrogen (secondary N) is 2. The molecular weight excluding hydrogens is 432 g/mol. The molecule has 1 fully saturated rings. The Hall–Kier alpha value is -2.36. The number of carbonyl (C=O) groups is 4. The third-order valence-electron chi connectivity index (χ3n) is 7.05. The number of cyclic esters (lactones) is 1. The van der Waals surface area contributed by atoms with E-state index in [1.807, 2.05) is 27.7 Å². The molecule has 0 radical (unpaired) electrons. The summed E-state index contributed by atoms with van der Waals surface area (Å²) >= 11 is 0. The van der Waals surface area contributed by atoms with Gasteiger partial charge in [0.2, 0.25) is 11.8 Å². The molecule has 0 unspecified atom stereocenters. The van der Waals surface area contributed by atoms with Crippen LogP contribution < -0.4 is 10.6 Å². The average molecular weight is 477 g/mol. The van der Waals surface area contributed by atoms with Crippen LogP contribution in [0.15, 0.2) is 0 Å². The first kappa shape index (κ1) is 29.7. The molecule has 0 bridgehead atoms. The number of Topliss-reactive ketones (excluding diaryl/α,β-unsaturated/α-hetero) is 1. The molecule has 34 heavy (non-hydrogen) atoms. The summed E-state index contributed by atoms with van der Waals surface area (Å²) in [5, 5.41) is 5.57. The largest absolute Gasteiger partial charge is 0.460 e. The van der Waals surface area contributed by atoms with Gasteiger partial charge >= 0.3 is 5.97 Å². The molecule has 1 rings (SSSR count). The van der Waals surface area contributed by atoms with Crippen LogP contribution in [0.5, 0.6) is 0 Å². The zero-order valence-electron chi connectivity index (χ0n) is 21.7. The molecule has 0 saturated carbocycles. The molecule has 1 aliphatic rings. The van der Waals surface area contributed by atoms with Crippen molar-refractivity contribution in [2.45, 2.75) is 117 Å². The topological polar surface area (TPSA) is 102 Å². The lowest BCUT2D eigenvalue weighted by Gasteiger charge is -2.31. The Morgan fingerprint density at radius 3 is 2.15 bits per heavy atom. The molecule has 0 aromatic carbocycles. The predicted octanol–water partition coefficient (Wildman–Crippen LogP) is 3.93. The summed E-state index contributed by atoms with van der Waals surface area (Å²) in [5.74, 6) is 0.0258. The number of carbonyl (C=O) groups excluding carboxylic acids is 4. The van der Waals surface area contributed by atoms with Crippen molar-refractivity contribution in [3.8, 4) is 12.3 Å². The molecule has 1 saturated heterocycles. The van der Waals surface area contributed by atoms with Crippen LogP contribution in [0.1, 0.15) is 98.8 Å². The van der Waals surface area contributed by atoms with Gasteiger partial charge in [-0.3, -0.25) is 14.4 Å². The number of amides is 2. The highest BCUT2D eigenvalue weighted by atomic mass is 16.5. The molecule has 1 aliphatic heterocycles. The van der Waals surface area contributed by atoms with Crippen molar-refractivity contribution < 1.29 is 23.9 Å². The second kappa shape index (κ2) is 15.5. The second-order valence-corrected chi connectivity index (χ2v) is 9.72. The zero-order valence-corrected chi connectivity index (χ0v) is 21.7. The second-order valence-electron chi connectivity index (χ2n) is 9.72. The van der Waals surface area contributed by atoms with Crippen LogP contribution in [0.3, 0.4) is 0 Å². The summed E-state index contributed by atoms with van der Waals surface area (Å²) in [6.07, 6.45) is 11.8. The van der Waals surface area contributed by atoms with Crippen molar-refractivity contribution in [1.82, 2.24) is 10.6 Å². The number of rotatable bonds is 11. The Labute approximate surface area is 205 Å². The van der Waals surface area contributed by atoms with Crippen molar-refractivity contribution >= 4 is 23.6 Å². The summed E-state index contributed by atoms with van der Waals surface area (Å²) in [6.45, 7) is 9.33. The van der Waals surface area contributed by atoms with E-state index in [1.54, 1.807) is 6.92 Å². The number of unbranched alkanes of at least 4 members (excludes halogenated alkanes) is 5. The SMILES string of the molecule is C#CCCCCCCC[C@@H]1OC(=O)[C@H]([C@@H](C)CC)NC(=O)[C@H]([C@@H](C)CC)NC(=O)CC(=O)[C@@H]1C. The van der Waals surface area contributed by atoms with E-state index in [0.717, 1.165) is 38.5 Å². The Kier molecular flexibility index (Phi) is 13.5. The van der Waals surface area contributed by atoms with E-state index in [-0.39, 0.29) is 24.0 Å². The van der Waals surface area contributed by atoms with Gasteiger partial charge in [0, 0.05) is 6.42 Å². The maximum absolute atomic E-state index is 13.2. The zero-order chi connectivity index (χ0) is 25.7. The fourth-order valence-electron chi connectivity index (χ4n) is 4.10. The van der Waals surface area contributed by atoms with E-state index in [0.29, 0.717) is 19.3 Å². The Morgan fingerprint density at radius 2 is 1.53 bits per heavy atom. The lowest BCUT2D eigenvalue weighted by atomic mass is 9.91. The van der Waals surface area contributed by atoms with Crippen molar-refractivity contribution in [2.75, 3.05) is 0 Å². The lowest BCUT2D eigenvalue weighted by molar-refractivity contribution is -0.159. The van der Waals surface area contributed by atoms with Crippen LogP contribution in [0.4, 0.5) is 0 Å². The standard InChI is InChI=1S/C27H44N2O5/c1-7-10-11-12-13-14-15-16-22-20(6)21(30)17-23(31)28-24(18(4)8-2)26(32)29-25(19(5)9-3)27(33)34-22/h1,18-20,22,24-25H,8-17H2,2-6H3,(H,28,31)(H,29,32)/t18-,19-,20-,22-,24-,25-/m0/s1. The third kappa shape index (κ3) is 9.48. The van der Waals surface area contributed by atoms with Crippen molar-refractivity contribution in [2.24, 2.45) is 17.8 Å². The van der Waals surface area contributed by atoms with E-state index in [9.17, 15) is 19.2 Å². The first-order chi connectivity index (χ1) is 16.2. The van der Waals surface area contributed by atoms with Crippen molar-refractivity contribution in [1.29, 1.82) is 0 Å². The van der Waals surface area contributed by atoms with Gasteiger partial charge < -0.3 is 15.4 Å². The quantitative estimate of drug-likeness (QED) is 0.204. The summed E-state index contributed by atoms with van der Waals surface area (Å²) in [5.41, 5.74) is 0. The Bertz CT molecular complexity index is 729. The number of ketones is 1. The molecule has 2 amide bonds. The van der Waals surface area contributed by atoms with Crippen LogP contribution >= 0.6 is 0 Å². The number of ether oxygens (including phenoxy) is 1. The van der Waals surface area contributed by atoms with E-state index >= 15 is 0 Å². The summed E-state index contributed by atoms with van der Waals surface area (Å²) in [6, 6.07) is -1.65. The summed E-state index contributed by atoms with van der Waals surface area (Å²) < 4.78 is 5.86. The molecule has 0 aliphatic carbocycles. The molecule has 6 atom stereocenters. The Balaban J connectivity index is 3.06. The van der Waals surface area contributed by atoms with Gasteiger partial charge in [-0.05, 0) is 31.1 Å². The van der Waals surface area contributed by atoms with E-state index in [1.165, 1.54) is 0 Å². The predicted molar refractivity (Wildman–Crippen MR) is 133 cm³/mol. The highest BCUT2D eigenvalue weighted by Gasteiger charge is 2.37. The van der Waals surface area contributed by atoms with Crippen molar-refractivity contribution in [3.05, 3.63) is 0 Å². The number of hydrogen-bond acceptors (Lipinski definition) is 5. The van der Waals surface area contributed by atoms with Gasteiger partial charge in [0.05, 0.1) is 12.3 Å². The van der Waals surface area contributed by atoms with E-state index < -0.39 is 41.9 Å². The number of hydrogen-bond donors (Lipinski definition) is 2. The van der Waals surface area contributed by atoms with E-state index in [4.69, 9.17) is 11.2 Å². The van der Waals surface area contributed by atoms with Gasteiger partial charge in [-0.15, -0.1) is 12.3 Å². The van der Waals surface area contributed by atoms with Gasteiger partial charge in [-0.1, -0.05) is 66.7 Å². The van der Waals surface area contributed by atoms with Crippen molar-refractivity contribution in [3.63, 3.8) is 0 Å².